The fourth-order valence-corrected chi connectivity index (χ4v) is 1.47. The van der Waals surface area contributed by atoms with Gasteiger partial charge in [0.1, 0.15) is 5.69 Å². The highest BCUT2D eigenvalue weighted by Crippen LogP contribution is 2.13. The Morgan fingerprint density at radius 2 is 2.11 bits per heavy atom. The molecule has 0 aliphatic heterocycles. The molecular formula is C10H11F2N5O. The van der Waals surface area contributed by atoms with Gasteiger partial charge in [-0.3, -0.25) is 4.39 Å². The van der Waals surface area contributed by atoms with Crippen LogP contribution in [0.3, 0.4) is 0 Å². The van der Waals surface area contributed by atoms with Crippen LogP contribution in [0, 0.1) is 5.82 Å². The number of alkyl halides is 1. The first-order valence-electron chi connectivity index (χ1n) is 5.27. The number of nitrogen functional groups attached to an aromatic ring is 1. The van der Waals surface area contributed by atoms with Crippen LogP contribution in [0.1, 0.15) is 6.42 Å². The Labute approximate surface area is 101 Å². The van der Waals surface area contributed by atoms with Crippen molar-refractivity contribution in [3.8, 4) is 5.69 Å². The van der Waals surface area contributed by atoms with E-state index >= 15 is 0 Å². The van der Waals surface area contributed by atoms with Crippen LogP contribution in [0.25, 0.3) is 5.69 Å². The summed E-state index contributed by atoms with van der Waals surface area (Å²) in [5, 5.41) is 7.09. The van der Waals surface area contributed by atoms with Crippen LogP contribution in [0.4, 0.5) is 14.5 Å². The molecule has 0 spiro atoms. The van der Waals surface area contributed by atoms with E-state index in [1.54, 1.807) is 0 Å². The first-order valence-corrected chi connectivity index (χ1v) is 5.27. The van der Waals surface area contributed by atoms with Crippen LogP contribution >= 0.6 is 0 Å². The smallest absolute Gasteiger partial charge is 0.368 e. The van der Waals surface area contributed by atoms with E-state index in [0.717, 1.165) is 15.4 Å². The average molecular weight is 255 g/mol. The molecule has 0 saturated carbocycles. The van der Waals surface area contributed by atoms with Crippen LogP contribution in [0.2, 0.25) is 0 Å². The van der Waals surface area contributed by atoms with Crippen LogP contribution in [0.5, 0.6) is 0 Å². The van der Waals surface area contributed by atoms with E-state index in [-0.39, 0.29) is 24.3 Å². The molecule has 2 rings (SSSR count). The highest BCUT2D eigenvalue weighted by molar-refractivity contribution is 5.45. The molecule has 2 aromatic rings. The molecular weight excluding hydrogens is 244 g/mol. The number of rotatable bonds is 4. The number of benzene rings is 1. The normalized spacial score (nSPS) is 10.8. The van der Waals surface area contributed by atoms with Crippen molar-refractivity contribution < 1.29 is 8.78 Å². The quantitative estimate of drug-likeness (QED) is 0.807. The van der Waals surface area contributed by atoms with E-state index in [1.165, 1.54) is 12.1 Å². The lowest BCUT2D eigenvalue weighted by molar-refractivity contribution is 0.427. The monoisotopic (exact) mass is 255 g/mol. The number of hydrogen-bond donors (Lipinski definition) is 1. The number of aryl methyl sites for hydroxylation is 1. The molecule has 0 aliphatic carbocycles. The standard InChI is InChI=1S/C10H11F2N5O/c11-4-1-5-16-10(18)17(15-14-16)9-3-2-7(13)6-8(9)12/h2-3,6H,1,4-5,13H2. The largest absolute Gasteiger partial charge is 0.399 e. The third-order valence-corrected chi connectivity index (χ3v) is 2.34. The summed E-state index contributed by atoms with van der Waals surface area (Å²) in [7, 11) is 0. The summed E-state index contributed by atoms with van der Waals surface area (Å²) in [5.74, 6) is -0.672. The van der Waals surface area contributed by atoms with Crippen molar-refractivity contribution in [2.24, 2.45) is 0 Å². The van der Waals surface area contributed by atoms with Crippen molar-refractivity contribution >= 4 is 5.69 Å². The molecule has 18 heavy (non-hydrogen) atoms. The fraction of sp³-hybridized carbons (Fsp3) is 0.300. The van der Waals surface area contributed by atoms with Crippen LogP contribution in [0.15, 0.2) is 23.0 Å². The summed E-state index contributed by atoms with van der Waals surface area (Å²) >= 11 is 0. The van der Waals surface area contributed by atoms with E-state index in [1.807, 2.05) is 0 Å². The van der Waals surface area contributed by atoms with Crippen molar-refractivity contribution in [2.45, 2.75) is 13.0 Å². The lowest BCUT2D eigenvalue weighted by Gasteiger charge is -2.01. The molecule has 0 bridgehead atoms. The Morgan fingerprint density at radius 3 is 2.78 bits per heavy atom. The van der Waals surface area contributed by atoms with E-state index in [0.29, 0.717) is 0 Å². The van der Waals surface area contributed by atoms with Gasteiger partial charge in [-0.2, -0.15) is 9.36 Å². The highest BCUT2D eigenvalue weighted by Gasteiger charge is 2.12. The molecule has 0 amide bonds. The fourth-order valence-electron chi connectivity index (χ4n) is 1.47. The Morgan fingerprint density at radius 1 is 1.33 bits per heavy atom. The van der Waals surface area contributed by atoms with Gasteiger partial charge in [0.25, 0.3) is 0 Å². The van der Waals surface area contributed by atoms with Gasteiger partial charge < -0.3 is 5.73 Å². The number of hydrogen-bond acceptors (Lipinski definition) is 4. The summed E-state index contributed by atoms with van der Waals surface area (Å²) in [6.45, 7) is -0.457. The second-order valence-corrected chi connectivity index (χ2v) is 3.65. The van der Waals surface area contributed by atoms with E-state index < -0.39 is 18.2 Å². The molecule has 0 fully saturated rings. The lowest BCUT2D eigenvalue weighted by Crippen LogP contribution is -2.25. The molecule has 1 aromatic carbocycles. The maximum atomic E-state index is 13.6. The number of tetrazole rings is 1. The number of nitrogens with zero attached hydrogens (tertiary/aromatic N) is 4. The minimum atomic E-state index is -0.672. The number of halogens is 2. The van der Waals surface area contributed by atoms with Crippen LogP contribution in [-0.2, 0) is 6.54 Å². The summed E-state index contributed by atoms with van der Waals surface area (Å²) < 4.78 is 27.4. The zero-order valence-electron chi connectivity index (χ0n) is 9.38. The zero-order valence-corrected chi connectivity index (χ0v) is 9.38. The van der Waals surface area contributed by atoms with Crippen molar-refractivity contribution in [1.29, 1.82) is 0 Å². The molecule has 0 atom stereocenters. The van der Waals surface area contributed by atoms with E-state index in [9.17, 15) is 13.6 Å². The van der Waals surface area contributed by atoms with Crippen molar-refractivity contribution in [1.82, 2.24) is 19.8 Å². The molecule has 96 valence electrons. The Kier molecular flexibility index (Phi) is 3.35. The second kappa shape index (κ2) is 4.94. The summed E-state index contributed by atoms with van der Waals surface area (Å²) in [4.78, 5) is 11.8. The van der Waals surface area contributed by atoms with E-state index in [2.05, 4.69) is 10.4 Å². The molecule has 0 unspecified atom stereocenters. The van der Waals surface area contributed by atoms with Crippen molar-refractivity contribution in [2.75, 3.05) is 12.4 Å². The number of aromatic nitrogens is 4. The predicted octanol–water partition coefficient (Wildman–Crippen LogP) is 0.510. The Hall–Kier alpha value is -2.25. The van der Waals surface area contributed by atoms with Crippen molar-refractivity contribution in [3.05, 3.63) is 34.5 Å². The van der Waals surface area contributed by atoms with Gasteiger partial charge in [-0.05, 0) is 35.0 Å². The third kappa shape index (κ3) is 2.22. The molecule has 1 heterocycles. The van der Waals surface area contributed by atoms with Gasteiger partial charge in [-0.1, -0.05) is 0 Å². The van der Waals surface area contributed by atoms with Crippen LogP contribution in [-0.4, -0.2) is 26.5 Å². The zero-order chi connectivity index (χ0) is 13.1. The molecule has 2 N–H and O–H groups in total. The van der Waals surface area contributed by atoms with Gasteiger partial charge in [0.15, 0.2) is 5.82 Å². The molecule has 8 heteroatoms. The molecule has 6 nitrogen and oxygen atoms in total. The predicted molar refractivity (Wildman–Crippen MR) is 60.6 cm³/mol. The van der Waals surface area contributed by atoms with Crippen molar-refractivity contribution in [3.63, 3.8) is 0 Å². The van der Waals surface area contributed by atoms with Gasteiger partial charge in [-0.15, -0.1) is 0 Å². The van der Waals surface area contributed by atoms with E-state index in [4.69, 9.17) is 5.73 Å². The minimum Gasteiger partial charge on any atom is -0.399 e. The average Bonchev–Trinajstić information content (AvgIpc) is 2.68. The van der Waals surface area contributed by atoms with Crippen LogP contribution < -0.4 is 11.4 Å². The number of anilines is 1. The molecule has 1 aromatic heterocycles. The Bertz CT molecular complexity index is 607. The molecule has 0 saturated heterocycles. The first kappa shape index (κ1) is 12.2. The second-order valence-electron chi connectivity index (χ2n) is 3.65. The topological polar surface area (TPSA) is 78.7 Å². The molecule has 0 aliphatic rings. The van der Waals surface area contributed by atoms with Gasteiger partial charge in [-0.25, -0.2) is 9.18 Å². The SMILES string of the molecule is Nc1ccc(-n2nnn(CCCF)c2=O)c(F)c1. The maximum absolute atomic E-state index is 13.6. The minimum absolute atomic E-state index is 0.0410. The Balaban J connectivity index is 2.39. The number of nitrogens with two attached hydrogens (primary N) is 1. The lowest BCUT2D eigenvalue weighted by atomic mass is 10.3. The summed E-state index contributed by atoms with van der Waals surface area (Å²) in [6.07, 6.45) is 0.156. The summed E-state index contributed by atoms with van der Waals surface area (Å²) in [6, 6.07) is 3.87. The third-order valence-electron chi connectivity index (χ3n) is 2.34. The molecule has 0 radical (unpaired) electrons. The first-order chi connectivity index (χ1) is 8.63. The van der Waals surface area contributed by atoms with Gasteiger partial charge in [0.2, 0.25) is 0 Å². The highest BCUT2D eigenvalue weighted by atomic mass is 19.1. The summed E-state index contributed by atoms with van der Waals surface area (Å²) in [5.41, 5.74) is 4.99. The maximum Gasteiger partial charge on any atom is 0.368 e. The van der Waals surface area contributed by atoms with Gasteiger partial charge >= 0.3 is 5.69 Å². The van der Waals surface area contributed by atoms with Gasteiger partial charge in [0, 0.05) is 5.69 Å². The van der Waals surface area contributed by atoms with Gasteiger partial charge in [0.05, 0.1) is 13.2 Å².